The van der Waals surface area contributed by atoms with Crippen molar-refractivity contribution in [1.82, 2.24) is 15.4 Å². The summed E-state index contributed by atoms with van der Waals surface area (Å²) in [5.41, 5.74) is 0.266. The topological polar surface area (TPSA) is 91.8 Å². The molecular weight excluding hydrogens is 364 g/mol. The molecule has 0 aromatic heterocycles. The van der Waals surface area contributed by atoms with E-state index in [2.05, 4.69) is 20.3 Å². The highest BCUT2D eigenvalue weighted by atomic mass is 32.2. The molecule has 1 aromatic rings. The van der Waals surface area contributed by atoms with Crippen LogP contribution in [0.3, 0.4) is 0 Å². The molecule has 1 aliphatic rings. The fourth-order valence-electron chi connectivity index (χ4n) is 3.50. The second kappa shape index (κ2) is 10.6. The summed E-state index contributed by atoms with van der Waals surface area (Å²) in [4.78, 5) is 4.51. The normalized spacial score (nSPS) is 17.0. The Kier molecular flexibility index (Phi) is 8.53. The van der Waals surface area contributed by atoms with Crippen LogP contribution in [0, 0.1) is 5.41 Å². The molecule has 0 unspecified atom stereocenters. The van der Waals surface area contributed by atoms with Gasteiger partial charge >= 0.3 is 0 Å². The predicted molar refractivity (Wildman–Crippen MR) is 108 cm³/mol. The Morgan fingerprint density at radius 2 is 1.85 bits per heavy atom. The number of nitrogens with zero attached hydrogens (tertiary/aromatic N) is 1. The lowest BCUT2D eigenvalue weighted by molar-refractivity contribution is 0.138. The Bertz CT molecular complexity index is 686. The largest absolute Gasteiger partial charge is 0.385 e. The maximum Gasteiger partial charge on any atom is 0.240 e. The van der Waals surface area contributed by atoms with Crippen LogP contribution in [0.15, 0.2) is 40.2 Å². The number of sulfonamides is 1. The lowest BCUT2D eigenvalue weighted by Gasteiger charge is -2.30. The molecule has 1 fully saturated rings. The van der Waals surface area contributed by atoms with Gasteiger partial charge in [0.2, 0.25) is 10.0 Å². The first-order valence-electron chi connectivity index (χ1n) is 9.49. The summed E-state index contributed by atoms with van der Waals surface area (Å²) in [6, 6.07) is 8.37. The minimum Gasteiger partial charge on any atom is -0.385 e. The first kappa shape index (κ1) is 21.7. The molecule has 1 aliphatic carbocycles. The van der Waals surface area contributed by atoms with Crippen LogP contribution in [0.2, 0.25) is 0 Å². The average molecular weight is 397 g/mol. The maximum atomic E-state index is 12.2. The Labute approximate surface area is 163 Å². The van der Waals surface area contributed by atoms with Crippen LogP contribution in [0.4, 0.5) is 0 Å². The minimum absolute atomic E-state index is 0.266. The number of benzene rings is 1. The minimum atomic E-state index is -3.47. The molecule has 0 aliphatic heterocycles. The fraction of sp³-hybridized carbons (Fsp3) is 0.632. The molecule has 0 bridgehead atoms. The standard InChI is InChI=1S/C19H32N4O3S/c1-20-18(22-16-19(12-15-26-2)10-6-7-11-19)21-13-14-23-27(24,25)17-8-4-3-5-9-17/h3-5,8-9,23H,6-7,10-16H2,1-2H3,(H2,20,21,22). The van der Waals surface area contributed by atoms with Gasteiger partial charge in [-0.05, 0) is 36.8 Å². The molecular formula is C19H32N4O3S. The van der Waals surface area contributed by atoms with Crippen molar-refractivity contribution < 1.29 is 13.2 Å². The molecule has 7 nitrogen and oxygen atoms in total. The molecule has 27 heavy (non-hydrogen) atoms. The van der Waals surface area contributed by atoms with Gasteiger partial charge in [-0.3, -0.25) is 4.99 Å². The van der Waals surface area contributed by atoms with Gasteiger partial charge in [0.15, 0.2) is 5.96 Å². The van der Waals surface area contributed by atoms with E-state index in [9.17, 15) is 8.42 Å². The van der Waals surface area contributed by atoms with Gasteiger partial charge in [0.25, 0.3) is 0 Å². The molecule has 0 atom stereocenters. The summed E-state index contributed by atoms with van der Waals surface area (Å²) in [6.07, 6.45) is 5.98. The third kappa shape index (κ3) is 6.79. The summed E-state index contributed by atoms with van der Waals surface area (Å²) in [6.45, 7) is 2.37. The third-order valence-corrected chi connectivity index (χ3v) is 6.60. The molecule has 0 spiro atoms. The van der Waals surface area contributed by atoms with Crippen LogP contribution in [0.5, 0.6) is 0 Å². The van der Waals surface area contributed by atoms with Gasteiger partial charge in [-0.25, -0.2) is 13.1 Å². The van der Waals surface area contributed by atoms with Crippen molar-refractivity contribution in [1.29, 1.82) is 0 Å². The molecule has 8 heteroatoms. The Hall–Kier alpha value is -1.64. The van der Waals surface area contributed by atoms with Crippen LogP contribution in [0.25, 0.3) is 0 Å². The maximum absolute atomic E-state index is 12.2. The average Bonchev–Trinajstić information content (AvgIpc) is 3.15. The monoisotopic (exact) mass is 396 g/mol. The molecule has 2 rings (SSSR count). The fourth-order valence-corrected chi connectivity index (χ4v) is 4.55. The number of aliphatic imine (C=N–C) groups is 1. The molecule has 1 saturated carbocycles. The summed E-state index contributed by atoms with van der Waals surface area (Å²) < 4.78 is 32.3. The van der Waals surface area contributed by atoms with E-state index in [-0.39, 0.29) is 16.9 Å². The first-order chi connectivity index (χ1) is 13.0. The van der Waals surface area contributed by atoms with Gasteiger partial charge in [0, 0.05) is 40.4 Å². The van der Waals surface area contributed by atoms with E-state index in [1.54, 1.807) is 44.5 Å². The summed E-state index contributed by atoms with van der Waals surface area (Å²) in [5.74, 6) is 0.692. The third-order valence-electron chi connectivity index (χ3n) is 5.12. The molecule has 1 aromatic carbocycles. The van der Waals surface area contributed by atoms with Crippen molar-refractivity contribution in [2.75, 3.05) is 40.4 Å². The molecule has 0 saturated heterocycles. The molecule has 0 amide bonds. The summed E-state index contributed by atoms with van der Waals surface area (Å²) >= 11 is 0. The van der Waals surface area contributed by atoms with E-state index in [1.807, 2.05) is 0 Å². The van der Waals surface area contributed by atoms with E-state index in [1.165, 1.54) is 25.7 Å². The lowest BCUT2D eigenvalue weighted by atomic mass is 9.83. The van der Waals surface area contributed by atoms with E-state index in [0.29, 0.717) is 12.5 Å². The quantitative estimate of drug-likeness (QED) is 0.318. The second-order valence-electron chi connectivity index (χ2n) is 7.01. The zero-order chi connectivity index (χ0) is 19.6. The second-order valence-corrected chi connectivity index (χ2v) is 8.78. The van der Waals surface area contributed by atoms with E-state index in [4.69, 9.17) is 4.74 Å². The van der Waals surface area contributed by atoms with Gasteiger partial charge in [-0.15, -0.1) is 0 Å². The SMILES string of the molecule is CN=C(NCCNS(=O)(=O)c1ccccc1)NCC1(CCOC)CCCC1. The van der Waals surface area contributed by atoms with Crippen molar-refractivity contribution in [3.05, 3.63) is 30.3 Å². The number of ether oxygens (including phenoxy) is 1. The molecule has 0 heterocycles. The smallest absolute Gasteiger partial charge is 0.240 e. The van der Waals surface area contributed by atoms with Gasteiger partial charge < -0.3 is 15.4 Å². The van der Waals surface area contributed by atoms with Gasteiger partial charge in [0.05, 0.1) is 4.90 Å². The summed E-state index contributed by atoms with van der Waals surface area (Å²) in [7, 11) is -0.00928. The van der Waals surface area contributed by atoms with Crippen LogP contribution in [0.1, 0.15) is 32.1 Å². The highest BCUT2D eigenvalue weighted by Gasteiger charge is 2.33. The van der Waals surface area contributed by atoms with Crippen molar-refractivity contribution in [3.63, 3.8) is 0 Å². The number of hydrogen-bond acceptors (Lipinski definition) is 4. The summed E-state index contributed by atoms with van der Waals surface area (Å²) in [5, 5.41) is 6.57. The number of guanidine groups is 1. The molecule has 0 radical (unpaired) electrons. The van der Waals surface area contributed by atoms with Gasteiger partial charge in [-0.1, -0.05) is 31.0 Å². The zero-order valence-corrected chi connectivity index (χ0v) is 17.1. The number of rotatable bonds is 10. The van der Waals surface area contributed by atoms with Crippen molar-refractivity contribution in [3.8, 4) is 0 Å². The van der Waals surface area contributed by atoms with Gasteiger partial charge in [0.1, 0.15) is 0 Å². The van der Waals surface area contributed by atoms with Crippen molar-refractivity contribution in [2.45, 2.75) is 37.0 Å². The Morgan fingerprint density at radius 1 is 1.15 bits per heavy atom. The van der Waals surface area contributed by atoms with E-state index >= 15 is 0 Å². The van der Waals surface area contributed by atoms with Crippen molar-refractivity contribution >= 4 is 16.0 Å². The molecule has 152 valence electrons. The van der Waals surface area contributed by atoms with Crippen LogP contribution in [-0.2, 0) is 14.8 Å². The van der Waals surface area contributed by atoms with Crippen LogP contribution >= 0.6 is 0 Å². The van der Waals surface area contributed by atoms with E-state index in [0.717, 1.165) is 19.6 Å². The Balaban J connectivity index is 1.75. The van der Waals surface area contributed by atoms with Crippen LogP contribution < -0.4 is 15.4 Å². The van der Waals surface area contributed by atoms with Crippen molar-refractivity contribution in [2.24, 2.45) is 10.4 Å². The lowest BCUT2D eigenvalue weighted by Crippen LogP contribution is -2.45. The predicted octanol–water partition coefficient (Wildman–Crippen LogP) is 1.73. The van der Waals surface area contributed by atoms with E-state index < -0.39 is 10.0 Å². The number of hydrogen-bond donors (Lipinski definition) is 3. The zero-order valence-electron chi connectivity index (χ0n) is 16.3. The highest BCUT2D eigenvalue weighted by molar-refractivity contribution is 7.89. The first-order valence-corrected chi connectivity index (χ1v) is 11.0. The van der Waals surface area contributed by atoms with Crippen LogP contribution in [-0.4, -0.2) is 54.8 Å². The highest BCUT2D eigenvalue weighted by Crippen LogP contribution is 2.40. The number of nitrogens with one attached hydrogen (secondary N) is 3. The number of methoxy groups -OCH3 is 1. The molecule has 3 N–H and O–H groups in total. The Morgan fingerprint density at radius 3 is 2.48 bits per heavy atom. The van der Waals surface area contributed by atoms with Gasteiger partial charge in [-0.2, -0.15) is 0 Å².